The number of amides is 2. The molecule has 0 aromatic carbocycles. The lowest BCUT2D eigenvalue weighted by Crippen LogP contribution is -2.38. The predicted molar refractivity (Wildman–Crippen MR) is 83.2 cm³/mol. The molecule has 6 heteroatoms. The van der Waals surface area contributed by atoms with Gasteiger partial charge in [-0.3, -0.25) is 9.59 Å². The van der Waals surface area contributed by atoms with Crippen LogP contribution in [0, 0.1) is 27.4 Å². The van der Waals surface area contributed by atoms with Gasteiger partial charge in [0.15, 0.2) is 3.77 Å². The molecule has 2 fully saturated rings. The Balaban J connectivity index is 1.62. The highest BCUT2D eigenvalue weighted by molar-refractivity contribution is 14.1. The molecule has 1 aromatic heterocycles. The molecular weight excluding hydrogens is 383 g/mol. The highest BCUT2D eigenvalue weighted by atomic mass is 127. The average Bonchev–Trinajstić information content (AvgIpc) is 3.03. The van der Waals surface area contributed by atoms with Crippen LogP contribution in [0.5, 0.6) is 0 Å². The minimum atomic E-state index is -0.213. The topological polar surface area (TPSA) is 62.9 Å². The third kappa shape index (κ3) is 1.99. The van der Waals surface area contributed by atoms with E-state index in [1.165, 1.54) is 6.21 Å². The summed E-state index contributed by atoms with van der Waals surface area (Å²) in [6.07, 6.45) is 7.63. The molecule has 21 heavy (non-hydrogen) atoms. The number of rotatable bonds is 2. The normalized spacial score (nSPS) is 34.2. The van der Waals surface area contributed by atoms with Gasteiger partial charge in [0, 0.05) is 0 Å². The van der Waals surface area contributed by atoms with Crippen molar-refractivity contribution >= 4 is 40.6 Å². The van der Waals surface area contributed by atoms with E-state index >= 15 is 0 Å². The molecule has 0 radical (unpaired) electrons. The number of hydrogen-bond donors (Lipinski definition) is 0. The van der Waals surface area contributed by atoms with Gasteiger partial charge < -0.3 is 4.42 Å². The van der Waals surface area contributed by atoms with Crippen LogP contribution in [0.4, 0.5) is 0 Å². The van der Waals surface area contributed by atoms with E-state index < -0.39 is 0 Å². The molecule has 5 rings (SSSR count). The molecule has 2 bridgehead atoms. The van der Waals surface area contributed by atoms with Crippen molar-refractivity contribution < 1.29 is 14.0 Å². The third-order valence-corrected chi connectivity index (χ3v) is 5.21. The van der Waals surface area contributed by atoms with E-state index in [0.29, 0.717) is 5.76 Å². The van der Waals surface area contributed by atoms with Crippen molar-refractivity contribution in [2.24, 2.45) is 28.8 Å². The predicted octanol–water partition coefficient (Wildman–Crippen LogP) is 2.42. The van der Waals surface area contributed by atoms with Crippen LogP contribution in [0.3, 0.4) is 0 Å². The molecule has 0 N–H and O–H groups in total. The van der Waals surface area contributed by atoms with Gasteiger partial charge in [-0.05, 0) is 59.4 Å². The number of allylic oxidation sites excluding steroid dienone is 2. The van der Waals surface area contributed by atoms with Gasteiger partial charge in [0.05, 0.1) is 18.1 Å². The summed E-state index contributed by atoms with van der Waals surface area (Å²) >= 11 is 2.05. The summed E-state index contributed by atoms with van der Waals surface area (Å²) in [5.41, 5.74) is 0. The van der Waals surface area contributed by atoms with E-state index in [1.807, 2.05) is 0 Å². The molecule has 1 saturated carbocycles. The summed E-state index contributed by atoms with van der Waals surface area (Å²) in [4.78, 5) is 25.0. The number of hydrazone groups is 1. The molecule has 4 aliphatic rings. The van der Waals surface area contributed by atoms with Gasteiger partial charge in [0.2, 0.25) is 0 Å². The number of fused-ring (bicyclic) bond motifs is 1. The zero-order valence-electron chi connectivity index (χ0n) is 11.1. The largest absolute Gasteiger partial charge is 0.449 e. The quantitative estimate of drug-likeness (QED) is 0.334. The highest BCUT2D eigenvalue weighted by Crippen LogP contribution is 2.49. The van der Waals surface area contributed by atoms with E-state index in [9.17, 15) is 9.59 Å². The number of hydrogen-bond acceptors (Lipinski definition) is 4. The molecule has 1 aliphatic heterocycles. The first-order valence-electron chi connectivity index (χ1n) is 7.00. The van der Waals surface area contributed by atoms with Crippen molar-refractivity contribution in [2.75, 3.05) is 0 Å². The fourth-order valence-electron chi connectivity index (χ4n) is 3.68. The minimum Gasteiger partial charge on any atom is -0.449 e. The monoisotopic (exact) mass is 396 g/mol. The van der Waals surface area contributed by atoms with Gasteiger partial charge in [-0.2, -0.15) is 10.1 Å². The summed E-state index contributed by atoms with van der Waals surface area (Å²) in [5, 5.41) is 5.12. The first kappa shape index (κ1) is 13.2. The molecule has 0 unspecified atom stereocenters. The third-order valence-electron chi connectivity index (χ3n) is 4.63. The van der Waals surface area contributed by atoms with Crippen molar-refractivity contribution in [3.8, 4) is 0 Å². The SMILES string of the molecule is O=C1[C@H]2[C@H](C(=O)N1N=Cc1ccc(I)o1)[C@H]1C=C[C@H]2CC1. The fourth-order valence-corrected chi connectivity index (χ4v) is 4.12. The maximum Gasteiger partial charge on any atom is 0.254 e. The molecule has 1 aromatic rings. The van der Waals surface area contributed by atoms with Crippen molar-refractivity contribution in [1.82, 2.24) is 5.01 Å². The van der Waals surface area contributed by atoms with Crippen LogP contribution < -0.4 is 0 Å². The second-order valence-corrected chi connectivity index (χ2v) is 6.78. The van der Waals surface area contributed by atoms with Crippen LogP contribution in [0.1, 0.15) is 18.6 Å². The maximum absolute atomic E-state index is 12.5. The summed E-state index contributed by atoms with van der Waals surface area (Å²) in [5.74, 6) is 0.173. The molecular formula is C15H13IN2O3. The standard InChI is InChI=1S/C15H13IN2O3/c16-11-6-5-10(21-11)7-17-18-14(19)12-8-1-2-9(4-3-8)13(12)15(18)20/h1-2,5-9,12-13H,3-4H2/t8-,9-,12+,13+/m0/s1. The number of imide groups is 1. The van der Waals surface area contributed by atoms with Gasteiger partial charge in [-0.15, -0.1) is 0 Å². The number of nitrogens with zero attached hydrogens (tertiary/aromatic N) is 2. The fraction of sp³-hybridized carbons (Fsp3) is 0.400. The summed E-state index contributed by atoms with van der Waals surface area (Å²) in [7, 11) is 0. The summed E-state index contributed by atoms with van der Waals surface area (Å²) in [6, 6.07) is 3.56. The Morgan fingerprint density at radius 3 is 2.24 bits per heavy atom. The Labute approximate surface area is 135 Å². The van der Waals surface area contributed by atoms with E-state index in [-0.39, 0.29) is 35.5 Å². The van der Waals surface area contributed by atoms with Crippen molar-refractivity contribution in [2.45, 2.75) is 12.8 Å². The Kier molecular flexibility index (Phi) is 3.02. The average molecular weight is 396 g/mol. The van der Waals surface area contributed by atoms with Gasteiger partial charge >= 0.3 is 0 Å². The molecule has 4 atom stereocenters. The molecule has 2 heterocycles. The van der Waals surface area contributed by atoms with Crippen LogP contribution in [0.25, 0.3) is 0 Å². The van der Waals surface area contributed by atoms with Crippen LogP contribution in [-0.4, -0.2) is 23.0 Å². The van der Waals surface area contributed by atoms with Crippen LogP contribution in [-0.2, 0) is 9.59 Å². The molecule has 108 valence electrons. The highest BCUT2D eigenvalue weighted by Gasteiger charge is 2.56. The number of carbonyl (C=O) groups is 2. The smallest absolute Gasteiger partial charge is 0.254 e. The van der Waals surface area contributed by atoms with Crippen LogP contribution >= 0.6 is 22.6 Å². The first-order chi connectivity index (χ1) is 10.1. The Morgan fingerprint density at radius 2 is 1.76 bits per heavy atom. The number of halogens is 1. The Bertz CT molecular complexity index is 646. The summed E-state index contributed by atoms with van der Waals surface area (Å²) < 4.78 is 6.10. The Morgan fingerprint density at radius 1 is 1.14 bits per heavy atom. The first-order valence-corrected chi connectivity index (χ1v) is 8.08. The van der Waals surface area contributed by atoms with Crippen molar-refractivity contribution in [3.05, 3.63) is 33.8 Å². The molecule has 3 aliphatic carbocycles. The van der Waals surface area contributed by atoms with Gasteiger partial charge in [0.25, 0.3) is 11.8 Å². The van der Waals surface area contributed by atoms with Gasteiger partial charge in [-0.1, -0.05) is 12.2 Å². The van der Waals surface area contributed by atoms with Crippen molar-refractivity contribution in [1.29, 1.82) is 0 Å². The lowest BCUT2D eigenvalue weighted by atomic mass is 9.63. The second-order valence-electron chi connectivity index (χ2n) is 5.72. The minimum absolute atomic E-state index is 0.165. The lowest BCUT2D eigenvalue weighted by molar-refractivity contribution is -0.140. The Hall–Kier alpha value is -1.44. The second kappa shape index (κ2) is 4.79. The zero-order chi connectivity index (χ0) is 14.6. The lowest BCUT2D eigenvalue weighted by Gasteiger charge is -2.37. The van der Waals surface area contributed by atoms with Gasteiger partial charge in [-0.25, -0.2) is 0 Å². The van der Waals surface area contributed by atoms with E-state index in [2.05, 4.69) is 39.8 Å². The molecule has 0 spiro atoms. The summed E-state index contributed by atoms with van der Waals surface area (Å²) in [6.45, 7) is 0. The molecule has 1 saturated heterocycles. The molecule has 5 nitrogen and oxygen atoms in total. The van der Waals surface area contributed by atoms with E-state index in [0.717, 1.165) is 21.6 Å². The molecule has 2 amide bonds. The number of carbonyl (C=O) groups excluding carboxylic acids is 2. The van der Waals surface area contributed by atoms with E-state index in [4.69, 9.17) is 4.42 Å². The van der Waals surface area contributed by atoms with Gasteiger partial charge in [0.1, 0.15) is 5.76 Å². The zero-order valence-corrected chi connectivity index (χ0v) is 13.3. The maximum atomic E-state index is 12.5. The van der Waals surface area contributed by atoms with E-state index in [1.54, 1.807) is 12.1 Å². The van der Waals surface area contributed by atoms with Crippen LogP contribution in [0.2, 0.25) is 0 Å². The number of furan rings is 1. The van der Waals surface area contributed by atoms with Crippen LogP contribution in [0.15, 0.2) is 33.8 Å². The van der Waals surface area contributed by atoms with Crippen molar-refractivity contribution in [3.63, 3.8) is 0 Å².